The Bertz CT molecular complexity index is 546. The molecule has 1 aromatic carbocycles. The van der Waals surface area contributed by atoms with Gasteiger partial charge in [-0.15, -0.1) is 0 Å². The molecule has 0 aliphatic carbocycles. The Balaban J connectivity index is 1.98. The number of likely N-dealkylation sites (tertiary alicyclic amines) is 1. The predicted octanol–water partition coefficient (Wildman–Crippen LogP) is 3.77. The van der Waals surface area contributed by atoms with Gasteiger partial charge in [0.05, 0.1) is 7.11 Å². The number of ether oxygens (including phenoxy) is 2. The zero-order chi connectivity index (χ0) is 17.5. The van der Waals surface area contributed by atoms with Crippen LogP contribution in [0.1, 0.15) is 45.1 Å². The van der Waals surface area contributed by atoms with Gasteiger partial charge in [0, 0.05) is 18.5 Å². The molecule has 1 saturated heterocycles. The van der Waals surface area contributed by atoms with Gasteiger partial charge in [-0.2, -0.15) is 0 Å². The van der Waals surface area contributed by atoms with E-state index in [-0.39, 0.29) is 30.8 Å². The smallest absolute Gasteiger partial charge is 0.410 e. The molecule has 1 fully saturated rings. The lowest BCUT2D eigenvalue weighted by molar-refractivity contribution is -0.141. The lowest BCUT2D eigenvalue weighted by Gasteiger charge is -2.42. The summed E-state index contributed by atoms with van der Waals surface area (Å²) in [6.07, 6.45) is 2.48. The molecule has 1 amide bonds. The number of piperidine rings is 1. The Hall–Kier alpha value is -2.04. The highest BCUT2D eigenvalue weighted by molar-refractivity contribution is 5.70. The maximum atomic E-state index is 12.6. The number of hydrogen-bond acceptors (Lipinski definition) is 4. The molecular formula is C19H27NO4. The molecule has 2 rings (SSSR count). The zero-order valence-electron chi connectivity index (χ0n) is 14.7. The quantitative estimate of drug-likeness (QED) is 0.770. The van der Waals surface area contributed by atoms with Crippen LogP contribution in [0.15, 0.2) is 30.3 Å². The second-order valence-electron chi connectivity index (χ2n) is 6.64. The van der Waals surface area contributed by atoms with Crippen LogP contribution in [0.4, 0.5) is 4.79 Å². The zero-order valence-corrected chi connectivity index (χ0v) is 14.7. The van der Waals surface area contributed by atoms with E-state index in [1.807, 2.05) is 42.2 Å². The highest BCUT2D eigenvalue weighted by Gasteiger charge is 2.35. The average molecular weight is 333 g/mol. The van der Waals surface area contributed by atoms with Crippen LogP contribution in [0.2, 0.25) is 0 Å². The average Bonchev–Trinajstić information content (AvgIpc) is 2.58. The van der Waals surface area contributed by atoms with Crippen LogP contribution >= 0.6 is 0 Å². The summed E-state index contributed by atoms with van der Waals surface area (Å²) in [6.45, 7) is 4.50. The van der Waals surface area contributed by atoms with Crippen LogP contribution in [-0.4, -0.2) is 36.2 Å². The van der Waals surface area contributed by atoms with Gasteiger partial charge in [-0.25, -0.2) is 4.79 Å². The number of nitrogens with zero attached hydrogens (tertiary/aromatic N) is 1. The summed E-state index contributed by atoms with van der Waals surface area (Å²) >= 11 is 0. The third-order valence-corrected chi connectivity index (χ3v) is 4.61. The van der Waals surface area contributed by atoms with Crippen LogP contribution in [0.25, 0.3) is 0 Å². The number of methoxy groups -OCH3 is 1. The van der Waals surface area contributed by atoms with Gasteiger partial charge in [0.1, 0.15) is 6.61 Å². The van der Waals surface area contributed by atoms with Crippen molar-refractivity contribution in [2.45, 2.75) is 58.2 Å². The van der Waals surface area contributed by atoms with Crippen molar-refractivity contribution in [3.63, 3.8) is 0 Å². The van der Waals surface area contributed by atoms with Crippen molar-refractivity contribution in [1.29, 1.82) is 0 Å². The molecule has 0 bridgehead atoms. The molecule has 1 heterocycles. The van der Waals surface area contributed by atoms with E-state index in [0.717, 1.165) is 18.4 Å². The maximum Gasteiger partial charge on any atom is 0.410 e. The Kier molecular flexibility index (Phi) is 6.64. The normalized spacial score (nSPS) is 23.6. The second-order valence-corrected chi connectivity index (χ2v) is 6.64. The monoisotopic (exact) mass is 333 g/mol. The van der Waals surface area contributed by atoms with Gasteiger partial charge in [0.15, 0.2) is 0 Å². The molecule has 0 saturated carbocycles. The number of benzene rings is 1. The van der Waals surface area contributed by atoms with Gasteiger partial charge >= 0.3 is 12.1 Å². The summed E-state index contributed by atoms with van der Waals surface area (Å²) in [5.74, 6) is 0.291. The highest BCUT2D eigenvalue weighted by atomic mass is 16.6. The molecule has 5 heteroatoms. The van der Waals surface area contributed by atoms with Gasteiger partial charge in [-0.1, -0.05) is 37.3 Å². The van der Waals surface area contributed by atoms with Crippen molar-refractivity contribution >= 4 is 12.1 Å². The summed E-state index contributed by atoms with van der Waals surface area (Å²) in [4.78, 5) is 25.9. The largest absolute Gasteiger partial charge is 0.469 e. The van der Waals surface area contributed by atoms with Crippen molar-refractivity contribution in [3.8, 4) is 0 Å². The van der Waals surface area contributed by atoms with E-state index in [1.54, 1.807) is 0 Å². The Labute approximate surface area is 143 Å². The fraction of sp³-hybridized carbons (Fsp3) is 0.579. The number of carbonyl (C=O) groups is 2. The fourth-order valence-electron chi connectivity index (χ4n) is 3.50. The molecule has 0 spiro atoms. The third-order valence-electron chi connectivity index (χ3n) is 4.61. The third kappa shape index (κ3) is 4.98. The fourth-order valence-corrected chi connectivity index (χ4v) is 3.50. The minimum Gasteiger partial charge on any atom is -0.469 e. The van der Waals surface area contributed by atoms with Crippen molar-refractivity contribution in [1.82, 2.24) is 4.90 Å². The molecule has 1 aliphatic rings. The number of hydrogen-bond donors (Lipinski definition) is 0. The molecule has 0 aromatic heterocycles. The number of esters is 1. The van der Waals surface area contributed by atoms with E-state index in [2.05, 4.69) is 6.92 Å². The first-order valence-electron chi connectivity index (χ1n) is 8.57. The van der Waals surface area contributed by atoms with Crippen molar-refractivity contribution in [2.24, 2.45) is 5.92 Å². The Morgan fingerprint density at radius 2 is 1.88 bits per heavy atom. The summed E-state index contributed by atoms with van der Waals surface area (Å²) in [7, 11) is 1.39. The van der Waals surface area contributed by atoms with Crippen LogP contribution in [0.5, 0.6) is 0 Å². The first-order chi connectivity index (χ1) is 11.5. The number of amides is 1. The first kappa shape index (κ1) is 18.3. The number of rotatable bonds is 5. The van der Waals surface area contributed by atoms with Crippen LogP contribution in [0, 0.1) is 5.92 Å². The van der Waals surface area contributed by atoms with E-state index >= 15 is 0 Å². The molecule has 132 valence electrons. The van der Waals surface area contributed by atoms with E-state index < -0.39 is 0 Å². The van der Waals surface area contributed by atoms with Crippen LogP contribution < -0.4 is 0 Å². The standard InChI is InChI=1S/C19H27NO4/c1-14-11-15(2)20(17(12-14)9-10-18(21)23-3)19(22)24-13-16-7-5-4-6-8-16/h4-8,14-15,17H,9-13H2,1-3H3/t14-,15+,17+/m0/s1. The molecule has 0 N–H and O–H groups in total. The number of carbonyl (C=O) groups excluding carboxylic acids is 2. The molecular weight excluding hydrogens is 306 g/mol. The molecule has 3 atom stereocenters. The molecule has 0 radical (unpaired) electrons. The van der Waals surface area contributed by atoms with E-state index in [9.17, 15) is 9.59 Å². The van der Waals surface area contributed by atoms with Gasteiger partial charge < -0.3 is 14.4 Å². The molecule has 1 aromatic rings. The minimum atomic E-state index is -0.298. The Morgan fingerprint density at radius 3 is 2.54 bits per heavy atom. The second kappa shape index (κ2) is 8.71. The highest BCUT2D eigenvalue weighted by Crippen LogP contribution is 2.30. The van der Waals surface area contributed by atoms with Crippen molar-refractivity contribution in [2.75, 3.05) is 7.11 Å². The summed E-state index contributed by atoms with van der Waals surface area (Å²) in [5.41, 5.74) is 0.968. The van der Waals surface area contributed by atoms with Crippen molar-refractivity contribution in [3.05, 3.63) is 35.9 Å². The van der Waals surface area contributed by atoms with Crippen LogP contribution in [0.3, 0.4) is 0 Å². The topological polar surface area (TPSA) is 55.8 Å². The van der Waals surface area contributed by atoms with E-state index in [1.165, 1.54) is 7.11 Å². The van der Waals surface area contributed by atoms with E-state index in [0.29, 0.717) is 18.8 Å². The minimum absolute atomic E-state index is 0.0196. The molecule has 5 nitrogen and oxygen atoms in total. The lowest BCUT2D eigenvalue weighted by Crippen LogP contribution is -2.51. The van der Waals surface area contributed by atoms with Gasteiger partial charge in [0.25, 0.3) is 0 Å². The molecule has 24 heavy (non-hydrogen) atoms. The Morgan fingerprint density at radius 1 is 1.17 bits per heavy atom. The SMILES string of the molecule is COC(=O)CC[C@@H]1C[C@@H](C)C[C@@H](C)N1C(=O)OCc1ccccc1. The summed E-state index contributed by atoms with van der Waals surface area (Å²) in [6, 6.07) is 9.78. The first-order valence-corrected chi connectivity index (χ1v) is 8.57. The van der Waals surface area contributed by atoms with Gasteiger partial charge in [0.2, 0.25) is 0 Å². The maximum absolute atomic E-state index is 12.6. The summed E-state index contributed by atoms with van der Waals surface area (Å²) < 4.78 is 10.2. The molecule has 0 unspecified atom stereocenters. The van der Waals surface area contributed by atoms with Crippen molar-refractivity contribution < 1.29 is 19.1 Å². The lowest BCUT2D eigenvalue weighted by atomic mass is 9.86. The van der Waals surface area contributed by atoms with Gasteiger partial charge in [-0.3, -0.25) is 4.79 Å². The van der Waals surface area contributed by atoms with Gasteiger partial charge in [-0.05, 0) is 37.7 Å². The van der Waals surface area contributed by atoms with Crippen LogP contribution in [-0.2, 0) is 20.9 Å². The predicted molar refractivity (Wildman–Crippen MR) is 91.4 cm³/mol. The summed E-state index contributed by atoms with van der Waals surface area (Å²) in [5, 5.41) is 0. The molecule has 1 aliphatic heterocycles. The van der Waals surface area contributed by atoms with E-state index in [4.69, 9.17) is 9.47 Å².